The van der Waals surface area contributed by atoms with E-state index in [9.17, 15) is 0 Å². The minimum Gasteiger partial charge on any atom is -0.377 e. The second-order valence-corrected chi connectivity index (χ2v) is 4.26. The van der Waals surface area contributed by atoms with Crippen molar-refractivity contribution in [2.75, 3.05) is 7.11 Å². The molecule has 0 bridgehead atoms. The number of rotatable bonds is 3. The first-order valence-electron chi connectivity index (χ1n) is 4.63. The highest BCUT2D eigenvalue weighted by molar-refractivity contribution is 5.20. The van der Waals surface area contributed by atoms with E-state index in [4.69, 9.17) is 4.74 Å². The molecule has 0 fully saturated rings. The van der Waals surface area contributed by atoms with Gasteiger partial charge in [-0.1, -0.05) is 0 Å². The van der Waals surface area contributed by atoms with Gasteiger partial charge in [0.25, 0.3) is 0 Å². The Morgan fingerprint density at radius 1 is 1.23 bits per heavy atom. The van der Waals surface area contributed by atoms with Gasteiger partial charge in [-0.25, -0.2) is 0 Å². The van der Waals surface area contributed by atoms with Gasteiger partial charge in [-0.2, -0.15) is 0 Å². The molecule has 2 heteroatoms. The minimum atomic E-state index is -0.0854. The maximum atomic E-state index is 5.37. The van der Waals surface area contributed by atoms with Crippen LogP contribution < -0.4 is 0 Å². The van der Waals surface area contributed by atoms with Crippen molar-refractivity contribution < 1.29 is 4.74 Å². The van der Waals surface area contributed by atoms with Crippen LogP contribution in [-0.4, -0.2) is 17.3 Å². The van der Waals surface area contributed by atoms with Gasteiger partial charge in [-0.3, -0.25) is 0 Å². The molecule has 13 heavy (non-hydrogen) atoms. The minimum absolute atomic E-state index is 0.0854. The number of hydrogen-bond acceptors (Lipinski definition) is 1. The molecule has 0 amide bonds. The summed E-state index contributed by atoms with van der Waals surface area (Å²) in [5, 5.41) is 0. The first kappa shape index (κ1) is 10.3. The molecule has 0 aromatic carbocycles. The lowest BCUT2D eigenvalue weighted by molar-refractivity contribution is 0.00822. The Labute approximate surface area is 80.5 Å². The zero-order valence-electron chi connectivity index (χ0n) is 9.22. The highest BCUT2D eigenvalue weighted by atomic mass is 16.5. The predicted octanol–water partition coefficient (Wildman–Crippen LogP) is 2.53. The Balaban J connectivity index is 2.75. The number of hydrogen-bond donors (Lipinski definition) is 0. The molecule has 0 aliphatic carbocycles. The van der Waals surface area contributed by atoms with Gasteiger partial charge in [-0.15, -0.1) is 0 Å². The number of nitrogens with zero attached hydrogens (tertiary/aromatic N) is 1. The SMILES string of the molecule is COC(C)(C)Cn1cc(C)c(C)c1. The van der Waals surface area contributed by atoms with Gasteiger partial charge < -0.3 is 9.30 Å². The van der Waals surface area contributed by atoms with Crippen LogP contribution >= 0.6 is 0 Å². The molecule has 74 valence electrons. The van der Waals surface area contributed by atoms with E-state index in [2.05, 4.69) is 44.7 Å². The maximum absolute atomic E-state index is 5.37. The molecule has 1 rings (SSSR count). The molecule has 0 atom stereocenters. The number of methoxy groups -OCH3 is 1. The molecular formula is C11H19NO. The zero-order chi connectivity index (χ0) is 10.1. The Hall–Kier alpha value is -0.760. The highest BCUT2D eigenvalue weighted by Crippen LogP contribution is 2.14. The van der Waals surface area contributed by atoms with Crippen LogP contribution in [0.2, 0.25) is 0 Å². The molecular weight excluding hydrogens is 162 g/mol. The fourth-order valence-electron chi connectivity index (χ4n) is 1.33. The molecule has 0 radical (unpaired) electrons. The van der Waals surface area contributed by atoms with Gasteiger partial charge in [-0.05, 0) is 38.8 Å². The van der Waals surface area contributed by atoms with Crippen LogP contribution in [0.5, 0.6) is 0 Å². The van der Waals surface area contributed by atoms with E-state index in [1.165, 1.54) is 11.1 Å². The van der Waals surface area contributed by atoms with E-state index in [1.807, 2.05) is 0 Å². The smallest absolute Gasteiger partial charge is 0.0800 e. The third-order valence-electron chi connectivity index (χ3n) is 2.46. The summed E-state index contributed by atoms with van der Waals surface area (Å²) < 4.78 is 7.56. The van der Waals surface area contributed by atoms with E-state index in [0.29, 0.717) is 0 Å². The topological polar surface area (TPSA) is 14.2 Å². The maximum Gasteiger partial charge on any atom is 0.0800 e. The van der Waals surface area contributed by atoms with E-state index in [1.54, 1.807) is 7.11 Å². The third-order valence-corrected chi connectivity index (χ3v) is 2.46. The van der Waals surface area contributed by atoms with Gasteiger partial charge >= 0.3 is 0 Å². The zero-order valence-corrected chi connectivity index (χ0v) is 9.22. The van der Waals surface area contributed by atoms with E-state index < -0.39 is 0 Å². The predicted molar refractivity (Wildman–Crippen MR) is 55.0 cm³/mol. The van der Waals surface area contributed by atoms with Crippen molar-refractivity contribution >= 4 is 0 Å². The first-order chi connectivity index (χ1) is 5.94. The average Bonchev–Trinajstić information content (AvgIpc) is 2.30. The second kappa shape index (κ2) is 3.54. The van der Waals surface area contributed by atoms with Crippen LogP contribution in [0.3, 0.4) is 0 Å². The average molecular weight is 181 g/mol. The van der Waals surface area contributed by atoms with Crippen molar-refractivity contribution in [1.29, 1.82) is 0 Å². The third kappa shape index (κ3) is 2.59. The molecule has 2 nitrogen and oxygen atoms in total. The summed E-state index contributed by atoms with van der Waals surface area (Å²) in [6.45, 7) is 9.35. The standard InChI is InChI=1S/C11H19NO/c1-9-6-12(7-10(9)2)8-11(3,4)13-5/h6-7H,8H2,1-5H3. The monoisotopic (exact) mass is 181 g/mol. The lowest BCUT2D eigenvalue weighted by atomic mass is 10.1. The van der Waals surface area contributed by atoms with Crippen molar-refractivity contribution in [2.24, 2.45) is 0 Å². The van der Waals surface area contributed by atoms with Crippen LogP contribution in [0.1, 0.15) is 25.0 Å². The first-order valence-corrected chi connectivity index (χ1v) is 4.63. The van der Waals surface area contributed by atoms with Crippen LogP contribution in [0, 0.1) is 13.8 Å². The molecule has 1 aromatic rings. The van der Waals surface area contributed by atoms with E-state index in [-0.39, 0.29) is 5.60 Å². The van der Waals surface area contributed by atoms with E-state index >= 15 is 0 Å². The lowest BCUT2D eigenvalue weighted by Crippen LogP contribution is -2.28. The second-order valence-electron chi connectivity index (χ2n) is 4.26. The van der Waals surface area contributed by atoms with Gasteiger partial charge in [0, 0.05) is 19.5 Å². The molecule has 0 saturated carbocycles. The van der Waals surface area contributed by atoms with Crippen molar-refractivity contribution in [3.63, 3.8) is 0 Å². The number of aromatic nitrogens is 1. The number of aryl methyl sites for hydroxylation is 2. The van der Waals surface area contributed by atoms with Crippen LogP contribution in [-0.2, 0) is 11.3 Å². The van der Waals surface area contributed by atoms with Gasteiger partial charge in [0.2, 0.25) is 0 Å². The van der Waals surface area contributed by atoms with Crippen LogP contribution in [0.4, 0.5) is 0 Å². The molecule has 1 heterocycles. The summed E-state index contributed by atoms with van der Waals surface area (Å²) in [5.74, 6) is 0. The van der Waals surface area contributed by atoms with Crippen molar-refractivity contribution in [1.82, 2.24) is 4.57 Å². The van der Waals surface area contributed by atoms with E-state index in [0.717, 1.165) is 6.54 Å². The van der Waals surface area contributed by atoms with Gasteiger partial charge in [0.05, 0.1) is 12.1 Å². The summed E-state index contributed by atoms with van der Waals surface area (Å²) in [7, 11) is 1.75. The Morgan fingerprint density at radius 3 is 2.08 bits per heavy atom. The van der Waals surface area contributed by atoms with Gasteiger partial charge in [0.15, 0.2) is 0 Å². The van der Waals surface area contributed by atoms with Crippen LogP contribution in [0.15, 0.2) is 12.4 Å². The largest absolute Gasteiger partial charge is 0.377 e. The Morgan fingerprint density at radius 2 is 1.69 bits per heavy atom. The number of ether oxygens (including phenoxy) is 1. The fourth-order valence-corrected chi connectivity index (χ4v) is 1.33. The Kier molecular flexibility index (Phi) is 2.81. The summed E-state index contributed by atoms with van der Waals surface area (Å²) in [5.41, 5.74) is 2.59. The molecule has 0 N–H and O–H groups in total. The summed E-state index contributed by atoms with van der Waals surface area (Å²) in [4.78, 5) is 0. The fraction of sp³-hybridized carbons (Fsp3) is 0.636. The molecule has 0 aliphatic rings. The van der Waals surface area contributed by atoms with Crippen molar-refractivity contribution in [3.8, 4) is 0 Å². The molecule has 1 aromatic heterocycles. The quantitative estimate of drug-likeness (QED) is 0.699. The summed E-state index contributed by atoms with van der Waals surface area (Å²) >= 11 is 0. The van der Waals surface area contributed by atoms with Crippen molar-refractivity contribution in [3.05, 3.63) is 23.5 Å². The molecule has 0 aliphatic heterocycles. The van der Waals surface area contributed by atoms with Crippen LogP contribution in [0.25, 0.3) is 0 Å². The molecule has 0 spiro atoms. The summed E-state index contributed by atoms with van der Waals surface area (Å²) in [6, 6.07) is 0. The highest BCUT2D eigenvalue weighted by Gasteiger charge is 2.16. The lowest BCUT2D eigenvalue weighted by Gasteiger charge is -2.23. The molecule has 0 unspecified atom stereocenters. The normalized spacial score (nSPS) is 12.1. The summed E-state index contributed by atoms with van der Waals surface area (Å²) in [6.07, 6.45) is 4.33. The molecule has 0 saturated heterocycles. The van der Waals surface area contributed by atoms with Crippen molar-refractivity contribution in [2.45, 2.75) is 39.8 Å². The Bertz CT molecular complexity index is 267. The van der Waals surface area contributed by atoms with Gasteiger partial charge in [0.1, 0.15) is 0 Å².